The fourth-order valence-electron chi connectivity index (χ4n) is 1.97. The lowest BCUT2D eigenvalue weighted by atomic mass is 9.99. The van der Waals surface area contributed by atoms with Gasteiger partial charge in [0, 0.05) is 25.6 Å². The summed E-state index contributed by atoms with van der Waals surface area (Å²) in [7, 11) is 0. The number of piperidine rings is 1. The number of hydrogen-bond acceptors (Lipinski definition) is 3. The predicted octanol–water partition coefficient (Wildman–Crippen LogP) is -0.0702. The van der Waals surface area contributed by atoms with Crippen molar-refractivity contribution in [2.24, 2.45) is 11.7 Å². The van der Waals surface area contributed by atoms with Gasteiger partial charge >= 0.3 is 6.03 Å². The Labute approximate surface area is 101 Å². The number of amides is 3. The van der Waals surface area contributed by atoms with Crippen molar-refractivity contribution in [1.82, 2.24) is 10.2 Å². The van der Waals surface area contributed by atoms with Crippen molar-refractivity contribution in [2.45, 2.75) is 19.8 Å². The number of nitrogens with two attached hydrogens (primary N) is 1. The molecule has 1 fully saturated rings. The lowest BCUT2D eigenvalue weighted by molar-refractivity contribution is -0.123. The third-order valence-corrected chi connectivity index (χ3v) is 2.73. The van der Waals surface area contributed by atoms with Crippen LogP contribution in [0.4, 0.5) is 4.79 Å². The molecule has 1 aliphatic heterocycles. The van der Waals surface area contributed by atoms with Gasteiger partial charge < -0.3 is 20.7 Å². The number of hydrogen-bond donors (Lipinski definition) is 2. The van der Waals surface area contributed by atoms with E-state index in [-0.39, 0.29) is 12.6 Å². The molecule has 0 aromatic rings. The highest BCUT2D eigenvalue weighted by Gasteiger charge is 2.23. The van der Waals surface area contributed by atoms with E-state index in [1.165, 1.54) is 0 Å². The number of primary amides is 1. The average Bonchev–Trinajstić information content (AvgIpc) is 2.29. The molecule has 0 bridgehead atoms. The second-order valence-electron chi connectivity index (χ2n) is 4.27. The average molecular weight is 243 g/mol. The summed E-state index contributed by atoms with van der Waals surface area (Å²) in [4.78, 5) is 23.9. The molecule has 17 heavy (non-hydrogen) atoms. The van der Waals surface area contributed by atoms with Gasteiger partial charge in [0.1, 0.15) is 6.61 Å². The molecule has 1 atom stereocenters. The molecule has 1 aliphatic rings. The highest BCUT2D eigenvalue weighted by atomic mass is 16.5. The molecule has 3 N–H and O–H groups in total. The van der Waals surface area contributed by atoms with Crippen LogP contribution < -0.4 is 11.1 Å². The number of nitrogens with zero attached hydrogens (tertiary/aromatic N) is 1. The third kappa shape index (κ3) is 5.04. The van der Waals surface area contributed by atoms with Crippen molar-refractivity contribution >= 4 is 11.9 Å². The van der Waals surface area contributed by atoms with Crippen LogP contribution in [-0.2, 0) is 9.53 Å². The van der Waals surface area contributed by atoms with Crippen molar-refractivity contribution in [3.05, 3.63) is 0 Å². The number of likely N-dealkylation sites (tertiary alicyclic amines) is 1. The van der Waals surface area contributed by atoms with Gasteiger partial charge in [0.25, 0.3) is 0 Å². The van der Waals surface area contributed by atoms with Gasteiger partial charge in [-0.3, -0.25) is 4.79 Å². The lowest BCUT2D eigenvalue weighted by Crippen LogP contribution is -2.46. The van der Waals surface area contributed by atoms with Crippen molar-refractivity contribution < 1.29 is 14.3 Å². The van der Waals surface area contributed by atoms with E-state index >= 15 is 0 Å². The molecule has 1 unspecified atom stereocenters. The minimum absolute atomic E-state index is 0.0212. The normalized spacial score (nSPS) is 20.1. The summed E-state index contributed by atoms with van der Waals surface area (Å²) in [5.41, 5.74) is 4.98. The fraction of sp³-hybridized carbons (Fsp3) is 0.818. The quantitative estimate of drug-likeness (QED) is 0.709. The summed E-state index contributed by atoms with van der Waals surface area (Å²) in [5.74, 6) is -0.160. The number of carbonyl (C=O) groups excluding carboxylic acids is 2. The summed E-state index contributed by atoms with van der Waals surface area (Å²) in [6.07, 6.45) is 2.00. The predicted molar refractivity (Wildman–Crippen MR) is 63.4 cm³/mol. The van der Waals surface area contributed by atoms with Crippen molar-refractivity contribution in [3.8, 4) is 0 Å². The third-order valence-electron chi connectivity index (χ3n) is 2.73. The molecule has 1 heterocycles. The summed E-state index contributed by atoms with van der Waals surface area (Å²) in [6, 6.07) is -0.0212. The topological polar surface area (TPSA) is 84.7 Å². The van der Waals surface area contributed by atoms with E-state index in [2.05, 4.69) is 5.32 Å². The number of ether oxygens (including phenoxy) is 1. The van der Waals surface area contributed by atoms with Crippen LogP contribution in [-0.4, -0.2) is 49.7 Å². The highest BCUT2D eigenvalue weighted by molar-refractivity contribution is 5.75. The van der Waals surface area contributed by atoms with Gasteiger partial charge in [-0.05, 0) is 19.8 Å². The Morgan fingerprint density at radius 2 is 2.29 bits per heavy atom. The van der Waals surface area contributed by atoms with Gasteiger partial charge in [0.05, 0.1) is 6.61 Å². The van der Waals surface area contributed by atoms with E-state index in [9.17, 15) is 9.59 Å². The van der Waals surface area contributed by atoms with Gasteiger partial charge in [-0.25, -0.2) is 4.79 Å². The minimum Gasteiger partial charge on any atom is -0.371 e. The Balaban J connectivity index is 2.28. The van der Waals surface area contributed by atoms with E-state index in [0.717, 1.165) is 19.4 Å². The Bertz CT molecular complexity index is 271. The van der Waals surface area contributed by atoms with Crippen LogP contribution in [0.5, 0.6) is 0 Å². The van der Waals surface area contributed by atoms with Crippen LogP contribution in [0.3, 0.4) is 0 Å². The van der Waals surface area contributed by atoms with Crippen molar-refractivity contribution in [2.75, 3.05) is 32.8 Å². The molecule has 6 heteroatoms. The number of rotatable bonds is 5. The van der Waals surface area contributed by atoms with E-state index in [4.69, 9.17) is 10.5 Å². The first-order chi connectivity index (χ1) is 8.13. The molecule has 0 aromatic carbocycles. The first-order valence-electron chi connectivity index (χ1n) is 6.02. The van der Waals surface area contributed by atoms with Crippen molar-refractivity contribution in [3.63, 3.8) is 0 Å². The smallest absolute Gasteiger partial charge is 0.317 e. The van der Waals surface area contributed by atoms with Crippen LogP contribution in [0, 0.1) is 5.92 Å². The maximum atomic E-state index is 11.6. The van der Waals surface area contributed by atoms with E-state index in [0.29, 0.717) is 25.6 Å². The second-order valence-corrected chi connectivity index (χ2v) is 4.27. The molecule has 0 aromatic heterocycles. The molecular weight excluding hydrogens is 222 g/mol. The highest BCUT2D eigenvalue weighted by Crippen LogP contribution is 2.16. The molecule has 0 radical (unpaired) electrons. The Hall–Kier alpha value is -1.30. The number of nitrogens with one attached hydrogen (secondary N) is 1. The molecule has 0 aliphatic carbocycles. The molecule has 0 saturated carbocycles. The lowest BCUT2D eigenvalue weighted by Gasteiger charge is -2.32. The molecule has 6 nitrogen and oxygen atoms in total. The van der Waals surface area contributed by atoms with Gasteiger partial charge in [-0.1, -0.05) is 0 Å². The van der Waals surface area contributed by atoms with E-state index in [1.807, 2.05) is 6.92 Å². The number of urea groups is 1. The summed E-state index contributed by atoms with van der Waals surface area (Å²) >= 11 is 0. The number of carbonyl (C=O) groups is 2. The first kappa shape index (κ1) is 13.8. The van der Waals surface area contributed by atoms with E-state index < -0.39 is 5.91 Å². The molecule has 1 saturated heterocycles. The second kappa shape index (κ2) is 7.11. The summed E-state index contributed by atoms with van der Waals surface area (Å²) < 4.78 is 5.19. The maximum absolute atomic E-state index is 11.6. The molecule has 98 valence electrons. The van der Waals surface area contributed by atoms with Crippen LogP contribution >= 0.6 is 0 Å². The Morgan fingerprint density at radius 3 is 2.94 bits per heavy atom. The monoisotopic (exact) mass is 243 g/mol. The maximum Gasteiger partial charge on any atom is 0.317 e. The van der Waals surface area contributed by atoms with Gasteiger partial charge in [-0.2, -0.15) is 0 Å². The molecule has 0 spiro atoms. The van der Waals surface area contributed by atoms with Crippen LogP contribution in [0.1, 0.15) is 19.8 Å². The minimum atomic E-state index is -0.457. The Morgan fingerprint density at radius 1 is 1.53 bits per heavy atom. The van der Waals surface area contributed by atoms with Crippen LogP contribution in [0.25, 0.3) is 0 Å². The van der Waals surface area contributed by atoms with Crippen LogP contribution in [0.15, 0.2) is 0 Å². The molecule has 1 rings (SSSR count). The standard InChI is InChI=1S/C11H21N3O3/c1-2-13-11(16)14-5-3-4-9(6-14)7-17-8-10(12)15/h9H,2-8H2,1H3,(H2,12,15)(H,13,16). The molecule has 3 amide bonds. The largest absolute Gasteiger partial charge is 0.371 e. The summed E-state index contributed by atoms with van der Waals surface area (Å²) in [6.45, 7) is 4.45. The Kier molecular flexibility index (Phi) is 5.76. The van der Waals surface area contributed by atoms with Gasteiger partial charge in [-0.15, -0.1) is 0 Å². The van der Waals surface area contributed by atoms with Gasteiger partial charge in [0.2, 0.25) is 5.91 Å². The van der Waals surface area contributed by atoms with Gasteiger partial charge in [0.15, 0.2) is 0 Å². The van der Waals surface area contributed by atoms with E-state index in [1.54, 1.807) is 4.90 Å². The zero-order valence-electron chi connectivity index (χ0n) is 10.3. The van der Waals surface area contributed by atoms with Crippen LogP contribution in [0.2, 0.25) is 0 Å². The SMILES string of the molecule is CCNC(=O)N1CCCC(COCC(N)=O)C1. The zero-order chi connectivity index (χ0) is 12.7. The molecular formula is C11H21N3O3. The van der Waals surface area contributed by atoms with Crippen molar-refractivity contribution in [1.29, 1.82) is 0 Å². The zero-order valence-corrected chi connectivity index (χ0v) is 10.3. The summed E-state index contributed by atoms with van der Waals surface area (Å²) in [5, 5.41) is 2.78. The first-order valence-corrected chi connectivity index (χ1v) is 6.02. The fourth-order valence-corrected chi connectivity index (χ4v) is 1.97.